The lowest BCUT2D eigenvalue weighted by Gasteiger charge is -2.06. The molecule has 0 bridgehead atoms. The fourth-order valence-electron chi connectivity index (χ4n) is 1.38. The van der Waals surface area contributed by atoms with Gasteiger partial charge in [0.2, 0.25) is 0 Å². The molecule has 0 saturated carbocycles. The number of rotatable bonds is 4. The van der Waals surface area contributed by atoms with Crippen molar-refractivity contribution in [2.75, 3.05) is 6.54 Å². The average Bonchev–Trinajstić information content (AvgIpc) is 2.79. The number of carboxylic acid groups (broad SMARTS) is 1. The summed E-state index contributed by atoms with van der Waals surface area (Å²) in [4.78, 5) is 26.0. The van der Waals surface area contributed by atoms with Gasteiger partial charge in [0.05, 0.1) is 30.0 Å². The minimum atomic E-state index is -1.63. The highest BCUT2D eigenvalue weighted by Gasteiger charge is 2.17. The number of hydrogen-bond acceptors (Lipinski definition) is 5. The lowest BCUT2D eigenvalue weighted by molar-refractivity contribution is -0.146. The zero-order valence-electron chi connectivity index (χ0n) is 9.15. The quantitative estimate of drug-likeness (QED) is 0.634. The van der Waals surface area contributed by atoms with Gasteiger partial charge in [-0.2, -0.15) is 5.10 Å². The molecule has 94 valence electrons. The van der Waals surface area contributed by atoms with Gasteiger partial charge in [0.25, 0.3) is 5.91 Å². The van der Waals surface area contributed by atoms with Gasteiger partial charge in [-0.25, -0.2) is 9.31 Å². The fraction of sp³-hybridized carbons (Fsp3) is 0.200. The number of hydrogen-bond donors (Lipinski definition) is 3. The van der Waals surface area contributed by atoms with E-state index in [1.807, 2.05) is 0 Å². The van der Waals surface area contributed by atoms with Crippen LogP contribution in [-0.4, -0.2) is 49.3 Å². The second kappa shape index (κ2) is 4.80. The molecule has 0 fully saturated rings. The molecule has 1 atom stereocenters. The number of aliphatic hydroxyl groups is 1. The summed E-state index contributed by atoms with van der Waals surface area (Å²) in [6.07, 6.45) is 4.29. The molecular weight excluding hydrogens is 240 g/mol. The normalized spacial score (nSPS) is 12.3. The number of carbonyl (C=O) groups is 2. The second-order valence-corrected chi connectivity index (χ2v) is 3.53. The van der Waals surface area contributed by atoms with Crippen LogP contribution >= 0.6 is 0 Å². The minimum Gasteiger partial charge on any atom is -0.479 e. The van der Waals surface area contributed by atoms with Gasteiger partial charge in [-0.05, 0) is 0 Å². The first-order chi connectivity index (χ1) is 8.59. The van der Waals surface area contributed by atoms with Gasteiger partial charge in [0, 0.05) is 12.4 Å². The Morgan fingerprint density at radius 3 is 2.94 bits per heavy atom. The van der Waals surface area contributed by atoms with Crippen LogP contribution < -0.4 is 5.32 Å². The zero-order chi connectivity index (χ0) is 13.1. The predicted octanol–water partition coefficient (Wildman–Crippen LogP) is -1.10. The summed E-state index contributed by atoms with van der Waals surface area (Å²) in [5, 5.41) is 23.8. The van der Waals surface area contributed by atoms with Crippen LogP contribution in [0.5, 0.6) is 0 Å². The molecule has 0 spiro atoms. The third-order valence-corrected chi connectivity index (χ3v) is 2.31. The Hall–Kier alpha value is -2.48. The van der Waals surface area contributed by atoms with Crippen molar-refractivity contribution in [3.8, 4) is 0 Å². The minimum absolute atomic E-state index is 0.265. The first kappa shape index (κ1) is 12.0. The highest BCUT2D eigenvalue weighted by molar-refractivity contribution is 6.00. The SMILES string of the molecule is O=C(NCC(O)C(=O)O)c1cnn2ccncc12. The van der Waals surface area contributed by atoms with Crippen molar-refractivity contribution in [1.29, 1.82) is 0 Å². The van der Waals surface area contributed by atoms with Crippen LogP contribution in [0.3, 0.4) is 0 Å². The molecule has 1 unspecified atom stereocenters. The van der Waals surface area contributed by atoms with E-state index in [1.165, 1.54) is 23.1 Å². The molecular formula is C10H10N4O4. The van der Waals surface area contributed by atoms with Crippen molar-refractivity contribution < 1.29 is 19.8 Å². The van der Waals surface area contributed by atoms with Gasteiger partial charge >= 0.3 is 5.97 Å². The molecule has 1 amide bonds. The van der Waals surface area contributed by atoms with Crippen molar-refractivity contribution in [2.24, 2.45) is 0 Å². The van der Waals surface area contributed by atoms with E-state index < -0.39 is 18.0 Å². The molecule has 0 radical (unpaired) electrons. The Kier molecular flexibility index (Phi) is 3.20. The molecule has 2 rings (SSSR count). The Bertz CT molecular complexity index is 594. The summed E-state index contributed by atoms with van der Waals surface area (Å²) in [6, 6.07) is 0. The molecule has 0 aliphatic rings. The first-order valence-electron chi connectivity index (χ1n) is 5.06. The Labute approximate surface area is 101 Å². The van der Waals surface area contributed by atoms with Crippen molar-refractivity contribution in [2.45, 2.75) is 6.10 Å². The maximum atomic E-state index is 11.8. The number of fused-ring (bicyclic) bond motifs is 1. The van der Waals surface area contributed by atoms with Gasteiger partial charge in [-0.1, -0.05) is 0 Å². The van der Waals surface area contributed by atoms with Crippen LogP contribution in [0, 0.1) is 0 Å². The zero-order valence-corrected chi connectivity index (χ0v) is 9.15. The van der Waals surface area contributed by atoms with E-state index in [4.69, 9.17) is 10.2 Å². The number of nitrogens with zero attached hydrogens (tertiary/aromatic N) is 3. The van der Waals surface area contributed by atoms with Crippen LogP contribution in [-0.2, 0) is 4.79 Å². The van der Waals surface area contributed by atoms with Gasteiger partial charge in [0.15, 0.2) is 6.10 Å². The summed E-state index contributed by atoms with van der Waals surface area (Å²) < 4.78 is 1.47. The molecule has 2 heterocycles. The Balaban J connectivity index is 2.12. The third-order valence-electron chi connectivity index (χ3n) is 2.31. The number of carboxylic acids is 1. The molecule has 18 heavy (non-hydrogen) atoms. The van der Waals surface area contributed by atoms with Gasteiger partial charge in [-0.15, -0.1) is 0 Å². The Morgan fingerprint density at radius 1 is 1.44 bits per heavy atom. The molecule has 0 aromatic carbocycles. The van der Waals surface area contributed by atoms with Crippen LogP contribution in [0.15, 0.2) is 24.8 Å². The van der Waals surface area contributed by atoms with Crippen LogP contribution in [0.1, 0.15) is 10.4 Å². The maximum Gasteiger partial charge on any atom is 0.334 e. The van der Waals surface area contributed by atoms with Crippen molar-refractivity contribution in [1.82, 2.24) is 19.9 Å². The topological polar surface area (TPSA) is 117 Å². The fourth-order valence-corrected chi connectivity index (χ4v) is 1.38. The van der Waals surface area contributed by atoms with Gasteiger partial charge in [0.1, 0.15) is 0 Å². The van der Waals surface area contributed by atoms with Gasteiger partial charge in [-0.3, -0.25) is 9.78 Å². The first-order valence-corrected chi connectivity index (χ1v) is 5.06. The monoisotopic (exact) mass is 250 g/mol. The summed E-state index contributed by atoms with van der Waals surface area (Å²) in [6.45, 7) is -0.369. The molecule has 8 nitrogen and oxygen atoms in total. The molecule has 0 aliphatic heterocycles. The molecule has 0 saturated heterocycles. The molecule has 2 aromatic heterocycles. The van der Waals surface area contributed by atoms with E-state index >= 15 is 0 Å². The van der Waals surface area contributed by atoms with Gasteiger partial charge < -0.3 is 15.5 Å². The summed E-state index contributed by atoms with van der Waals surface area (Å²) in [5.74, 6) is -1.91. The molecule has 8 heteroatoms. The summed E-state index contributed by atoms with van der Waals surface area (Å²) >= 11 is 0. The van der Waals surface area contributed by atoms with Crippen LogP contribution in [0.4, 0.5) is 0 Å². The molecule has 3 N–H and O–H groups in total. The summed E-state index contributed by atoms with van der Waals surface area (Å²) in [5.41, 5.74) is 0.764. The smallest absolute Gasteiger partial charge is 0.334 e. The number of nitrogens with one attached hydrogen (secondary N) is 1. The van der Waals surface area contributed by atoms with Crippen molar-refractivity contribution >= 4 is 17.4 Å². The Morgan fingerprint density at radius 2 is 2.22 bits per heavy atom. The van der Waals surface area contributed by atoms with Crippen molar-refractivity contribution in [3.63, 3.8) is 0 Å². The lowest BCUT2D eigenvalue weighted by atomic mass is 10.2. The second-order valence-electron chi connectivity index (χ2n) is 3.53. The number of aliphatic carboxylic acids is 1. The van der Waals surface area contributed by atoms with E-state index in [1.54, 1.807) is 6.20 Å². The van der Waals surface area contributed by atoms with Crippen molar-refractivity contribution in [3.05, 3.63) is 30.4 Å². The highest BCUT2D eigenvalue weighted by atomic mass is 16.4. The standard InChI is InChI=1S/C10H10N4O4/c15-8(10(17)18)5-12-9(16)6-3-13-14-2-1-11-4-7(6)14/h1-4,8,15H,5H2,(H,12,16)(H,17,18). The number of amides is 1. The average molecular weight is 250 g/mol. The maximum absolute atomic E-state index is 11.8. The van der Waals surface area contributed by atoms with E-state index in [9.17, 15) is 9.59 Å². The number of aromatic nitrogens is 3. The predicted molar refractivity (Wildman–Crippen MR) is 59.0 cm³/mol. The molecule has 0 aliphatic carbocycles. The molecule has 2 aromatic rings. The number of carbonyl (C=O) groups excluding carboxylic acids is 1. The van der Waals surface area contributed by atoms with E-state index in [-0.39, 0.29) is 12.1 Å². The third kappa shape index (κ3) is 2.28. The van der Waals surface area contributed by atoms with E-state index in [0.29, 0.717) is 5.52 Å². The van der Waals surface area contributed by atoms with Crippen LogP contribution in [0.25, 0.3) is 5.52 Å². The van der Waals surface area contributed by atoms with E-state index in [0.717, 1.165) is 0 Å². The largest absolute Gasteiger partial charge is 0.479 e. The summed E-state index contributed by atoms with van der Waals surface area (Å²) in [7, 11) is 0. The lowest BCUT2D eigenvalue weighted by Crippen LogP contribution is -2.36. The number of aliphatic hydroxyl groups excluding tert-OH is 1. The van der Waals surface area contributed by atoms with Crippen LogP contribution in [0.2, 0.25) is 0 Å². The highest BCUT2D eigenvalue weighted by Crippen LogP contribution is 2.07. The van der Waals surface area contributed by atoms with E-state index in [2.05, 4.69) is 15.4 Å².